The van der Waals surface area contributed by atoms with E-state index in [0.29, 0.717) is 6.42 Å². The zero-order chi connectivity index (χ0) is 9.61. The monoisotopic (exact) mass is 222 g/mol. The largest absolute Gasteiger partial charge is 2.00 e. The summed E-state index contributed by atoms with van der Waals surface area (Å²) in [4.78, 5) is 10.7. The number of unbranched alkanes of at least 4 members (excludes halogenated alkanes) is 1. The van der Waals surface area contributed by atoms with Gasteiger partial charge in [-0.25, -0.2) is 0 Å². The summed E-state index contributed by atoms with van der Waals surface area (Å²) in [6.45, 7) is 1.90. The van der Waals surface area contributed by atoms with Crippen molar-refractivity contribution in [3.8, 4) is 0 Å². The minimum atomic E-state index is -4.19. The molecule has 0 unspecified atom stereocenters. The van der Waals surface area contributed by atoms with Gasteiger partial charge in [0.25, 0.3) is 0 Å². The van der Waals surface area contributed by atoms with Crippen LogP contribution in [0.25, 0.3) is 0 Å². The third-order valence-corrected chi connectivity index (χ3v) is 1.52. The Morgan fingerprint density at radius 1 is 1.54 bits per heavy atom. The maximum atomic E-state index is 10.7. The van der Waals surface area contributed by atoms with Crippen LogP contribution in [-0.2, 0) is 19.6 Å². The van der Waals surface area contributed by atoms with Gasteiger partial charge < -0.3 is 7.59 Å². The molecule has 0 aliphatic heterocycles. The quantitative estimate of drug-likeness (QED) is 0.414. The zero-order valence-corrected chi connectivity index (χ0v) is 9.75. The third-order valence-electron chi connectivity index (χ3n) is 1.10. The summed E-state index contributed by atoms with van der Waals surface area (Å²) in [6, 6.07) is 0. The number of hydrogen-bond acceptors (Lipinski definition) is 4. The molecule has 0 saturated carbocycles. The van der Waals surface area contributed by atoms with Crippen molar-refractivity contribution >= 4 is 39.1 Å². The minimum Gasteiger partial charge on any atom is -1.00 e. The molecule has 0 atom stereocenters. The first-order chi connectivity index (χ1) is 5.45. The molecule has 0 aliphatic carbocycles. The summed E-state index contributed by atoms with van der Waals surface area (Å²) >= 11 is 0. The van der Waals surface area contributed by atoms with Crippen LogP contribution in [0.4, 0.5) is 0 Å². The predicted octanol–water partition coefficient (Wildman–Crippen LogP) is 0.409. The molecule has 7 heteroatoms. The summed E-state index contributed by atoms with van der Waals surface area (Å²) in [5.41, 5.74) is 0. The van der Waals surface area contributed by atoms with Crippen LogP contribution >= 0.6 is 0 Å². The standard InChI is InChI=1S/C6H12O5S.Mg.2H/c1-2-3-4-6(7)11-5-12(8,9)10;;;/h2-5H2,1H3,(H,8,9,10);;;/q;+2;2*-1. The Morgan fingerprint density at radius 2 is 2.08 bits per heavy atom. The molecule has 0 rings (SSSR count). The average molecular weight is 223 g/mol. The van der Waals surface area contributed by atoms with E-state index in [1.165, 1.54) is 0 Å². The van der Waals surface area contributed by atoms with Gasteiger partial charge in [-0.15, -0.1) is 0 Å². The van der Waals surface area contributed by atoms with Crippen LogP contribution in [0, 0.1) is 0 Å². The average Bonchev–Trinajstić information content (AvgIpc) is 1.95. The molecule has 1 N–H and O–H groups in total. The summed E-state index contributed by atoms with van der Waals surface area (Å²) in [5, 5.41) is 0. The second-order valence-electron chi connectivity index (χ2n) is 2.32. The maximum absolute atomic E-state index is 10.7. The molecular weight excluding hydrogens is 208 g/mol. The van der Waals surface area contributed by atoms with E-state index in [1.54, 1.807) is 0 Å². The van der Waals surface area contributed by atoms with Crippen molar-refractivity contribution in [2.45, 2.75) is 26.2 Å². The molecule has 0 aromatic carbocycles. The van der Waals surface area contributed by atoms with E-state index in [-0.39, 0.29) is 32.3 Å². The van der Waals surface area contributed by atoms with Crippen LogP contribution in [0.2, 0.25) is 0 Å². The van der Waals surface area contributed by atoms with Crippen LogP contribution in [0.15, 0.2) is 0 Å². The molecular formula is C6H14MgO5S. The number of esters is 1. The summed E-state index contributed by atoms with van der Waals surface area (Å²) in [6.07, 6.45) is 1.68. The number of rotatable bonds is 5. The number of carbonyl (C=O) groups is 1. The van der Waals surface area contributed by atoms with Gasteiger partial charge in [0.05, 0.1) is 0 Å². The SMILES string of the molecule is CCCCC(=O)OCS(=O)(=O)O.[H-].[H-].[Mg+2]. The predicted molar refractivity (Wildman–Crippen MR) is 50.0 cm³/mol. The normalized spacial score (nSPS) is 10.3. The Balaban J connectivity index is -0.000000202. The van der Waals surface area contributed by atoms with E-state index in [0.717, 1.165) is 6.42 Å². The van der Waals surface area contributed by atoms with Gasteiger partial charge in [-0.05, 0) is 6.42 Å². The molecule has 76 valence electrons. The van der Waals surface area contributed by atoms with Gasteiger partial charge in [0, 0.05) is 6.42 Å². The van der Waals surface area contributed by atoms with E-state index >= 15 is 0 Å². The fourth-order valence-electron chi connectivity index (χ4n) is 0.533. The Hall–Kier alpha value is 0.146. The number of hydrogen-bond donors (Lipinski definition) is 1. The molecule has 0 aliphatic rings. The van der Waals surface area contributed by atoms with E-state index in [2.05, 4.69) is 4.74 Å². The van der Waals surface area contributed by atoms with E-state index < -0.39 is 22.0 Å². The summed E-state index contributed by atoms with van der Waals surface area (Å²) in [7, 11) is -4.19. The van der Waals surface area contributed by atoms with Crippen LogP contribution < -0.4 is 0 Å². The van der Waals surface area contributed by atoms with Gasteiger partial charge in [-0.3, -0.25) is 9.35 Å². The third kappa shape index (κ3) is 12.1. The number of ether oxygens (including phenoxy) is 1. The molecule has 0 bridgehead atoms. The topological polar surface area (TPSA) is 80.7 Å². The van der Waals surface area contributed by atoms with Crippen LogP contribution in [-0.4, -0.2) is 47.9 Å². The molecule has 0 radical (unpaired) electrons. The Kier molecular flexibility index (Phi) is 9.06. The molecule has 0 spiro atoms. The maximum Gasteiger partial charge on any atom is 2.00 e. The van der Waals surface area contributed by atoms with Crippen LogP contribution in [0.1, 0.15) is 29.0 Å². The molecule has 0 aromatic heterocycles. The van der Waals surface area contributed by atoms with Gasteiger partial charge in [-0.2, -0.15) is 8.42 Å². The molecule has 0 aromatic rings. The first-order valence-electron chi connectivity index (χ1n) is 3.56. The van der Waals surface area contributed by atoms with Crippen molar-refractivity contribution in [2.24, 2.45) is 0 Å². The van der Waals surface area contributed by atoms with Crippen molar-refractivity contribution in [2.75, 3.05) is 5.94 Å². The first kappa shape index (κ1) is 15.6. The zero-order valence-electron chi connectivity index (χ0n) is 9.52. The molecule has 0 saturated heterocycles. The van der Waals surface area contributed by atoms with Crippen LogP contribution in [0.3, 0.4) is 0 Å². The Labute approximate surface area is 96.7 Å². The molecule has 0 heterocycles. The van der Waals surface area contributed by atoms with Crippen molar-refractivity contribution in [1.29, 1.82) is 0 Å². The Bertz CT molecular complexity index is 244. The second kappa shape index (κ2) is 7.54. The van der Waals surface area contributed by atoms with Gasteiger partial charge in [0.2, 0.25) is 5.94 Å². The first-order valence-corrected chi connectivity index (χ1v) is 5.17. The molecule has 13 heavy (non-hydrogen) atoms. The van der Waals surface area contributed by atoms with E-state index in [1.807, 2.05) is 6.92 Å². The van der Waals surface area contributed by atoms with Gasteiger partial charge in [0.15, 0.2) is 0 Å². The fraction of sp³-hybridized carbons (Fsp3) is 0.833. The summed E-state index contributed by atoms with van der Waals surface area (Å²) < 4.78 is 32.6. The molecule has 0 fully saturated rings. The Morgan fingerprint density at radius 3 is 2.46 bits per heavy atom. The minimum absolute atomic E-state index is 0. The fourth-order valence-corrected chi connectivity index (χ4v) is 0.814. The van der Waals surface area contributed by atoms with Crippen molar-refractivity contribution in [3.05, 3.63) is 0 Å². The van der Waals surface area contributed by atoms with Gasteiger partial charge in [-0.1, -0.05) is 13.3 Å². The van der Waals surface area contributed by atoms with E-state index in [9.17, 15) is 13.2 Å². The van der Waals surface area contributed by atoms with E-state index in [4.69, 9.17) is 4.55 Å². The smallest absolute Gasteiger partial charge is 1.00 e. The van der Waals surface area contributed by atoms with Crippen molar-refractivity contribution < 1.29 is 25.4 Å². The summed E-state index contributed by atoms with van der Waals surface area (Å²) in [5.74, 6) is -1.55. The number of carbonyl (C=O) groups excluding carboxylic acids is 1. The molecule has 0 amide bonds. The van der Waals surface area contributed by atoms with Crippen molar-refractivity contribution in [3.63, 3.8) is 0 Å². The molecule has 5 nitrogen and oxygen atoms in total. The van der Waals surface area contributed by atoms with Gasteiger partial charge >= 0.3 is 39.1 Å². The van der Waals surface area contributed by atoms with Gasteiger partial charge in [0.1, 0.15) is 0 Å². The second-order valence-corrected chi connectivity index (χ2v) is 3.72. The van der Waals surface area contributed by atoms with Crippen molar-refractivity contribution in [1.82, 2.24) is 0 Å². The van der Waals surface area contributed by atoms with Crippen LogP contribution in [0.5, 0.6) is 0 Å².